The minimum atomic E-state index is -3.47. The fourth-order valence-electron chi connectivity index (χ4n) is 2.75. The van der Waals surface area contributed by atoms with Crippen molar-refractivity contribution in [1.82, 2.24) is 14.6 Å². The van der Waals surface area contributed by atoms with Crippen molar-refractivity contribution >= 4 is 43.2 Å². The molecule has 0 spiro atoms. The maximum absolute atomic E-state index is 12.6. The third-order valence-electron chi connectivity index (χ3n) is 4.14. The third-order valence-corrected chi connectivity index (χ3v) is 8.13. The van der Waals surface area contributed by atoms with Gasteiger partial charge in [-0.2, -0.15) is 4.31 Å². The van der Waals surface area contributed by atoms with Gasteiger partial charge in [-0.3, -0.25) is 9.78 Å². The molecule has 1 aliphatic rings. The number of thiophene rings is 1. The van der Waals surface area contributed by atoms with E-state index >= 15 is 0 Å². The highest BCUT2D eigenvalue weighted by atomic mass is 79.9. The van der Waals surface area contributed by atoms with Crippen LogP contribution in [0.3, 0.4) is 0 Å². The zero-order chi connectivity index (χ0) is 17.9. The van der Waals surface area contributed by atoms with Crippen LogP contribution < -0.4 is 5.32 Å². The Morgan fingerprint density at radius 2 is 2.04 bits per heavy atom. The van der Waals surface area contributed by atoms with Gasteiger partial charge in [-0.05, 0) is 53.0 Å². The molecule has 0 aromatic carbocycles. The van der Waals surface area contributed by atoms with E-state index in [4.69, 9.17) is 0 Å². The van der Waals surface area contributed by atoms with Gasteiger partial charge in [0.25, 0.3) is 10.0 Å². The average molecular weight is 444 g/mol. The molecule has 2 aromatic rings. The number of sulfonamides is 1. The first-order chi connectivity index (χ1) is 12.0. The first-order valence-corrected chi connectivity index (χ1v) is 10.9. The highest BCUT2D eigenvalue weighted by Gasteiger charge is 2.32. The summed E-state index contributed by atoms with van der Waals surface area (Å²) in [7, 11) is -3.47. The number of piperidine rings is 1. The molecule has 134 valence electrons. The molecule has 1 fully saturated rings. The van der Waals surface area contributed by atoms with Crippen molar-refractivity contribution in [1.29, 1.82) is 0 Å². The number of nitrogens with zero attached hydrogens (tertiary/aromatic N) is 2. The quantitative estimate of drug-likeness (QED) is 0.769. The number of rotatable bonds is 5. The zero-order valence-electron chi connectivity index (χ0n) is 13.4. The van der Waals surface area contributed by atoms with E-state index in [1.807, 2.05) is 18.2 Å². The lowest BCUT2D eigenvalue weighted by Gasteiger charge is -2.30. The van der Waals surface area contributed by atoms with Crippen molar-refractivity contribution in [2.75, 3.05) is 13.1 Å². The molecule has 6 nitrogen and oxygen atoms in total. The molecule has 1 amide bonds. The maximum atomic E-state index is 12.6. The Balaban J connectivity index is 1.54. The van der Waals surface area contributed by atoms with Crippen LogP contribution in [0.25, 0.3) is 0 Å². The molecule has 0 aliphatic carbocycles. The van der Waals surface area contributed by atoms with Gasteiger partial charge in [0.2, 0.25) is 5.91 Å². The molecule has 0 radical (unpaired) electrons. The van der Waals surface area contributed by atoms with E-state index in [1.54, 1.807) is 18.3 Å². The fourth-order valence-corrected chi connectivity index (χ4v) is 6.38. The number of aromatic nitrogens is 1. The predicted octanol–water partition coefficient (Wildman–Crippen LogP) is 2.62. The van der Waals surface area contributed by atoms with Crippen LogP contribution in [0.5, 0.6) is 0 Å². The summed E-state index contributed by atoms with van der Waals surface area (Å²) in [6.07, 6.45) is 2.74. The standard InChI is InChI=1S/C16H18BrN3O3S2/c17-14-4-5-15(24-14)25(22,23)20-9-6-12(7-10-20)16(21)19-11-13-3-1-2-8-18-13/h1-5,8,12H,6-7,9-11H2,(H,19,21). The Morgan fingerprint density at radius 1 is 1.28 bits per heavy atom. The van der Waals surface area contributed by atoms with Gasteiger partial charge in [0, 0.05) is 25.2 Å². The number of amides is 1. The summed E-state index contributed by atoms with van der Waals surface area (Å²) in [4.78, 5) is 16.5. The van der Waals surface area contributed by atoms with Crippen LogP contribution in [0.1, 0.15) is 18.5 Å². The highest BCUT2D eigenvalue weighted by molar-refractivity contribution is 9.11. The summed E-state index contributed by atoms with van der Waals surface area (Å²) >= 11 is 4.49. The van der Waals surface area contributed by atoms with Gasteiger partial charge in [0.1, 0.15) is 4.21 Å². The van der Waals surface area contributed by atoms with Gasteiger partial charge >= 0.3 is 0 Å². The van der Waals surface area contributed by atoms with Crippen molar-refractivity contribution in [2.45, 2.75) is 23.6 Å². The van der Waals surface area contributed by atoms with Crippen LogP contribution in [-0.2, 0) is 21.4 Å². The molecule has 0 atom stereocenters. The molecule has 0 unspecified atom stereocenters. The lowest BCUT2D eigenvalue weighted by Crippen LogP contribution is -2.42. The topological polar surface area (TPSA) is 79.4 Å². The van der Waals surface area contributed by atoms with E-state index < -0.39 is 10.0 Å². The molecule has 3 heterocycles. The largest absolute Gasteiger partial charge is 0.350 e. The Morgan fingerprint density at radius 3 is 2.64 bits per heavy atom. The smallest absolute Gasteiger partial charge is 0.252 e. The van der Waals surface area contributed by atoms with Crippen molar-refractivity contribution < 1.29 is 13.2 Å². The van der Waals surface area contributed by atoms with Crippen LogP contribution in [0.4, 0.5) is 0 Å². The molecular weight excluding hydrogens is 426 g/mol. The molecular formula is C16H18BrN3O3S2. The van der Waals surface area contributed by atoms with E-state index in [-0.39, 0.29) is 11.8 Å². The van der Waals surface area contributed by atoms with E-state index in [0.29, 0.717) is 36.7 Å². The van der Waals surface area contributed by atoms with Gasteiger partial charge in [-0.1, -0.05) is 6.07 Å². The Labute approximate surface area is 159 Å². The number of hydrogen-bond acceptors (Lipinski definition) is 5. The highest BCUT2D eigenvalue weighted by Crippen LogP contribution is 2.30. The monoisotopic (exact) mass is 443 g/mol. The minimum Gasteiger partial charge on any atom is -0.350 e. The normalized spacial score (nSPS) is 16.7. The van der Waals surface area contributed by atoms with Gasteiger partial charge in [0.15, 0.2) is 0 Å². The van der Waals surface area contributed by atoms with Crippen LogP contribution in [-0.4, -0.2) is 36.7 Å². The van der Waals surface area contributed by atoms with Crippen LogP contribution >= 0.6 is 27.3 Å². The molecule has 0 bridgehead atoms. The third kappa shape index (κ3) is 4.46. The summed E-state index contributed by atoms with van der Waals surface area (Å²) < 4.78 is 27.8. The Bertz CT molecular complexity index is 831. The average Bonchev–Trinajstić information content (AvgIpc) is 3.08. The van der Waals surface area contributed by atoms with Gasteiger partial charge in [0.05, 0.1) is 16.0 Å². The summed E-state index contributed by atoms with van der Waals surface area (Å²) in [6, 6.07) is 8.90. The number of hydrogen-bond donors (Lipinski definition) is 1. The second-order valence-electron chi connectivity index (χ2n) is 5.78. The van der Waals surface area contributed by atoms with E-state index in [9.17, 15) is 13.2 Å². The van der Waals surface area contributed by atoms with Gasteiger partial charge < -0.3 is 5.32 Å². The van der Waals surface area contributed by atoms with Crippen molar-refractivity contribution in [3.8, 4) is 0 Å². The summed E-state index contributed by atoms with van der Waals surface area (Å²) in [5, 5.41) is 2.88. The maximum Gasteiger partial charge on any atom is 0.252 e. The van der Waals surface area contributed by atoms with Crippen molar-refractivity contribution in [3.05, 3.63) is 46.0 Å². The molecule has 3 rings (SSSR count). The molecule has 1 aliphatic heterocycles. The van der Waals surface area contributed by atoms with Gasteiger partial charge in [-0.25, -0.2) is 8.42 Å². The Kier molecular flexibility index (Phi) is 5.88. The fraction of sp³-hybridized carbons (Fsp3) is 0.375. The SMILES string of the molecule is O=C(NCc1ccccn1)C1CCN(S(=O)(=O)c2ccc(Br)s2)CC1. The van der Waals surface area contributed by atoms with Gasteiger partial charge in [-0.15, -0.1) is 11.3 Å². The molecule has 2 aromatic heterocycles. The van der Waals surface area contributed by atoms with Crippen molar-refractivity contribution in [3.63, 3.8) is 0 Å². The van der Waals surface area contributed by atoms with E-state index in [2.05, 4.69) is 26.2 Å². The first-order valence-electron chi connectivity index (χ1n) is 7.90. The second kappa shape index (κ2) is 7.94. The molecule has 1 N–H and O–H groups in total. The lowest BCUT2D eigenvalue weighted by molar-refractivity contribution is -0.126. The first kappa shape index (κ1) is 18.5. The number of halogens is 1. The van der Waals surface area contributed by atoms with E-state index in [0.717, 1.165) is 9.48 Å². The summed E-state index contributed by atoms with van der Waals surface area (Å²) in [5.74, 6) is -0.202. The molecule has 25 heavy (non-hydrogen) atoms. The number of pyridine rings is 1. The minimum absolute atomic E-state index is 0.0402. The summed E-state index contributed by atoms with van der Waals surface area (Å²) in [5.41, 5.74) is 0.805. The van der Waals surface area contributed by atoms with Crippen molar-refractivity contribution in [2.24, 2.45) is 5.92 Å². The number of carbonyl (C=O) groups excluding carboxylic acids is 1. The predicted molar refractivity (Wildman–Crippen MR) is 99.6 cm³/mol. The van der Waals surface area contributed by atoms with Crippen LogP contribution in [0.15, 0.2) is 44.5 Å². The molecule has 0 saturated carbocycles. The Hall–Kier alpha value is -1.29. The molecule has 1 saturated heterocycles. The lowest BCUT2D eigenvalue weighted by atomic mass is 9.97. The summed E-state index contributed by atoms with van der Waals surface area (Å²) in [6.45, 7) is 1.11. The van der Waals surface area contributed by atoms with Crippen LogP contribution in [0, 0.1) is 5.92 Å². The zero-order valence-corrected chi connectivity index (χ0v) is 16.6. The van der Waals surface area contributed by atoms with E-state index in [1.165, 1.54) is 15.6 Å². The number of nitrogens with one attached hydrogen (secondary N) is 1. The second-order valence-corrected chi connectivity index (χ2v) is 10.4. The molecule has 9 heteroatoms. The van der Waals surface area contributed by atoms with Crippen LogP contribution in [0.2, 0.25) is 0 Å². The number of carbonyl (C=O) groups is 1.